The molecule has 4 heteroatoms. The van der Waals surface area contributed by atoms with Gasteiger partial charge in [0.05, 0.1) is 0 Å². The molecular weight excluding hydrogens is 293 g/mol. The van der Waals surface area contributed by atoms with Gasteiger partial charge in [-0.05, 0) is 55.2 Å². The molecule has 1 amide bonds. The summed E-state index contributed by atoms with van der Waals surface area (Å²) in [5, 5.41) is 2.97. The highest BCUT2D eigenvalue weighted by Crippen LogP contribution is 2.22. The average Bonchev–Trinajstić information content (AvgIpc) is 2.56. The van der Waals surface area contributed by atoms with Gasteiger partial charge in [0.15, 0.2) is 6.10 Å². The Morgan fingerprint density at radius 1 is 1.17 bits per heavy atom. The Morgan fingerprint density at radius 2 is 1.87 bits per heavy atom. The number of amides is 1. The topological polar surface area (TPSA) is 38.3 Å². The van der Waals surface area contributed by atoms with Crippen molar-refractivity contribution in [2.75, 3.05) is 5.32 Å². The van der Waals surface area contributed by atoms with Gasteiger partial charge >= 0.3 is 0 Å². The quantitative estimate of drug-likeness (QED) is 0.853. The minimum Gasteiger partial charge on any atom is -0.481 e. The van der Waals surface area contributed by atoms with Crippen LogP contribution in [0, 0.1) is 12.7 Å². The van der Waals surface area contributed by atoms with Crippen LogP contribution in [0.4, 0.5) is 10.1 Å². The number of ether oxygens (including phenoxy) is 1. The maximum atomic E-state index is 12.9. The van der Waals surface area contributed by atoms with E-state index in [1.165, 1.54) is 24.3 Å². The predicted molar refractivity (Wildman–Crippen MR) is 90.3 cm³/mol. The Balaban J connectivity index is 2.13. The Morgan fingerprint density at radius 3 is 2.48 bits per heavy atom. The van der Waals surface area contributed by atoms with Crippen molar-refractivity contribution >= 4 is 11.6 Å². The van der Waals surface area contributed by atoms with Crippen molar-refractivity contribution in [3.8, 4) is 5.75 Å². The summed E-state index contributed by atoms with van der Waals surface area (Å²) in [4.78, 5) is 12.5. The molecule has 0 unspecified atom stereocenters. The summed E-state index contributed by atoms with van der Waals surface area (Å²) in [5.74, 6) is -0.0444. The molecule has 2 aromatic carbocycles. The molecule has 122 valence electrons. The van der Waals surface area contributed by atoms with E-state index in [4.69, 9.17) is 4.74 Å². The first kappa shape index (κ1) is 17.0. The van der Waals surface area contributed by atoms with Gasteiger partial charge < -0.3 is 10.1 Å². The second kappa shape index (κ2) is 7.77. The van der Waals surface area contributed by atoms with Crippen LogP contribution in [0.5, 0.6) is 5.75 Å². The smallest absolute Gasteiger partial charge is 0.265 e. The molecule has 0 fully saturated rings. The third-order valence-corrected chi connectivity index (χ3v) is 3.74. The van der Waals surface area contributed by atoms with Crippen LogP contribution >= 0.6 is 0 Å². The van der Waals surface area contributed by atoms with E-state index in [0.717, 1.165) is 23.2 Å². The first-order valence-corrected chi connectivity index (χ1v) is 7.86. The number of carbonyl (C=O) groups excluding carboxylic acids is 1. The highest BCUT2D eigenvalue weighted by molar-refractivity contribution is 5.95. The minimum atomic E-state index is -0.621. The lowest BCUT2D eigenvalue weighted by Crippen LogP contribution is -2.33. The van der Waals surface area contributed by atoms with E-state index in [9.17, 15) is 9.18 Å². The number of nitrogens with one attached hydrogen (secondary N) is 1. The molecule has 0 radical (unpaired) electrons. The lowest BCUT2D eigenvalue weighted by atomic mass is 10.1. The standard InChI is InChI=1S/C19H22FNO2/c1-4-14-8-6-7-13(3)18(14)21-19(22)17(5-2)23-16-11-9-15(20)10-12-16/h6-12,17H,4-5H2,1-3H3,(H,21,22)/t17-/m0/s1. The molecule has 0 aliphatic heterocycles. The normalized spacial score (nSPS) is 11.8. The number of halogens is 1. The maximum absolute atomic E-state index is 12.9. The molecule has 0 spiro atoms. The molecule has 0 saturated heterocycles. The van der Waals surface area contributed by atoms with Gasteiger partial charge in [0.25, 0.3) is 5.91 Å². The number of anilines is 1. The first-order chi connectivity index (χ1) is 11.0. The van der Waals surface area contributed by atoms with Crippen LogP contribution in [-0.2, 0) is 11.2 Å². The molecule has 0 bridgehead atoms. The average molecular weight is 315 g/mol. The van der Waals surface area contributed by atoms with Crippen molar-refractivity contribution < 1.29 is 13.9 Å². The van der Waals surface area contributed by atoms with Gasteiger partial charge in [-0.1, -0.05) is 32.0 Å². The number of para-hydroxylation sites is 1. The SMILES string of the molecule is CCc1cccc(C)c1NC(=O)[C@H](CC)Oc1ccc(F)cc1. The van der Waals surface area contributed by atoms with Crippen molar-refractivity contribution in [3.63, 3.8) is 0 Å². The van der Waals surface area contributed by atoms with Crippen LogP contribution in [0.1, 0.15) is 31.4 Å². The summed E-state index contributed by atoms with van der Waals surface area (Å²) in [5.41, 5.74) is 2.96. The van der Waals surface area contributed by atoms with Crippen molar-refractivity contribution in [1.82, 2.24) is 0 Å². The summed E-state index contributed by atoms with van der Waals surface area (Å²) in [6.45, 7) is 5.90. The zero-order valence-electron chi connectivity index (χ0n) is 13.7. The Hall–Kier alpha value is -2.36. The highest BCUT2D eigenvalue weighted by Gasteiger charge is 2.20. The van der Waals surface area contributed by atoms with Crippen LogP contribution in [-0.4, -0.2) is 12.0 Å². The van der Waals surface area contributed by atoms with Crippen molar-refractivity contribution in [2.45, 2.75) is 39.7 Å². The lowest BCUT2D eigenvalue weighted by Gasteiger charge is -2.19. The Labute approximate surface area is 136 Å². The van der Waals surface area contributed by atoms with E-state index in [1.807, 2.05) is 32.0 Å². The molecule has 23 heavy (non-hydrogen) atoms. The summed E-state index contributed by atoms with van der Waals surface area (Å²) in [6.07, 6.45) is 0.744. The number of hydrogen-bond donors (Lipinski definition) is 1. The maximum Gasteiger partial charge on any atom is 0.265 e. The third kappa shape index (κ3) is 4.31. The van der Waals surface area contributed by atoms with Crippen LogP contribution in [0.3, 0.4) is 0 Å². The molecule has 1 N–H and O–H groups in total. The van der Waals surface area contributed by atoms with Crippen molar-refractivity contribution in [1.29, 1.82) is 0 Å². The summed E-state index contributed by atoms with van der Waals surface area (Å²) in [7, 11) is 0. The third-order valence-electron chi connectivity index (χ3n) is 3.74. The molecule has 0 aliphatic rings. The fourth-order valence-electron chi connectivity index (χ4n) is 2.41. The molecule has 2 rings (SSSR count). The second-order valence-electron chi connectivity index (χ2n) is 5.42. The fourth-order valence-corrected chi connectivity index (χ4v) is 2.41. The zero-order chi connectivity index (χ0) is 16.8. The lowest BCUT2D eigenvalue weighted by molar-refractivity contribution is -0.122. The number of benzene rings is 2. The molecule has 0 aliphatic carbocycles. The van der Waals surface area contributed by atoms with E-state index >= 15 is 0 Å². The molecule has 0 saturated carbocycles. The summed E-state index contributed by atoms with van der Waals surface area (Å²) in [6, 6.07) is 11.6. The van der Waals surface area contributed by atoms with E-state index < -0.39 is 6.10 Å². The molecule has 0 aromatic heterocycles. The zero-order valence-corrected chi connectivity index (χ0v) is 13.7. The van der Waals surface area contributed by atoms with Gasteiger partial charge in [-0.2, -0.15) is 0 Å². The van der Waals surface area contributed by atoms with Crippen molar-refractivity contribution in [3.05, 3.63) is 59.4 Å². The Bertz CT molecular complexity index is 668. The molecule has 1 atom stereocenters. The predicted octanol–water partition coefficient (Wildman–Crippen LogP) is 4.49. The number of aryl methyl sites for hydroxylation is 2. The monoisotopic (exact) mass is 315 g/mol. The minimum absolute atomic E-state index is 0.194. The second-order valence-corrected chi connectivity index (χ2v) is 5.42. The van der Waals surface area contributed by atoms with Gasteiger partial charge in [-0.3, -0.25) is 4.79 Å². The van der Waals surface area contributed by atoms with E-state index in [2.05, 4.69) is 12.2 Å². The molecule has 3 nitrogen and oxygen atoms in total. The summed E-state index contributed by atoms with van der Waals surface area (Å²) < 4.78 is 18.6. The number of hydrogen-bond acceptors (Lipinski definition) is 2. The molecule has 2 aromatic rings. The van der Waals surface area contributed by atoms with Gasteiger partial charge in [-0.25, -0.2) is 4.39 Å². The van der Waals surface area contributed by atoms with Crippen LogP contribution in [0.15, 0.2) is 42.5 Å². The van der Waals surface area contributed by atoms with Crippen LogP contribution < -0.4 is 10.1 Å². The fraction of sp³-hybridized carbons (Fsp3) is 0.316. The van der Waals surface area contributed by atoms with E-state index in [1.54, 1.807) is 0 Å². The molecular formula is C19H22FNO2. The van der Waals surface area contributed by atoms with E-state index in [0.29, 0.717) is 12.2 Å². The molecule has 0 heterocycles. The van der Waals surface area contributed by atoms with Crippen LogP contribution in [0.25, 0.3) is 0 Å². The van der Waals surface area contributed by atoms with Gasteiger partial charge in [0.1, 0.15) is 11.6 Å². The van der Waals surface area contributed by atoms with Crippen LogP contribution in [0.2, 0.25) is 0 Å². The number of rotatable bonds is 6. The van der Waals surface area contributed by atoms with E-state index in [-0.39, 0.29) is 11.7 Å². The Kier molecular flexibility index (Phi) is 5.74. The largest absolute Gasteiger partial charge is 0.481 e. The van der Waals surface area contributed by atoms with Gasteiger partial charge in [0, 0.05) is 5.69 Å². The van der Waals surface area contributed by atoms with Crippen molar-refractivity contribution in [2.24, 2.45) is 0 Å². The first-order valence-electron chi connectivity index (χ1n) is 7.86. The summed E-state index contributed by atoms with van der Waals surface area (Å²) >= 11 is 0. The highest BCUT2D eigenvalue weighted by atomic mass is 19.1. The van der Waals surface area contributed by atoms with Gasteiger partial charge in [-0.15, -0.1) is 0 Å². The number of carbonyl (C=O) groups is 1. The van der Waals surface area contributed by atoms with Gasteiger partial charge in [0.2, 0.25) is 0 Å².